The molecular weight excluding hydrogens is 392 g/mol. The van der Waals surface area contributed by atoms with E-state index in [1.807, 2.05) is 36.6 Å². The molecule has 1 aromatic carbocycles. The number of amides is 1. The maximum Gasteiger partial charge on any atom is 0.263 e. The Morgan fingerprint density at radius 1 is 1.38 bits per heavy atom. The van der Waals surface area contributed by atoms with E-state index >= 15 is 0 Å². The second-order valence-electron chi connectivity index (χ2n) is 5.19. The van der Waals surface area contributed by atoms with Gasteiger partial charge in [-0.3, -0.25) is 19.6 Å². The van der Waals surface area contributed by atoms with Crippen molar-refractivity contribution in [2.75, 3.05) is 0 Å². The summed E-state index contributed by atoms with van der Waals surface area (Å²) in [6, 6.07) is 7.81. The van der Waals surface area contributed by atoms with Crippen molar-refractivity contribution in [2.24, 2.45) is 5.84 Å². The monoisotopic (exact) mass is 406 g/mol. The minimum Gasteiger partial charge on any atom is -0.293 e. The number of thiophene rings is 1. The van der Waals surface area contributed by atoms with Crippen LogP contribution >= 0.6 is 27.3 Å². The average Bonchev–Trinajstić information content (AvgIpc) is 2.97. The molecule has 0 spiro atoms. The third-order valence-corrected chi connectivity index (χ3v) is 5.45. The molecule has 24 heavy (non-hydrogen) atoms. The van der Waals surface area contributed by atoms with Crippen molar-refractivity contribution in [1.29, 1.82) is 0 Å². The number of hydrogen-bond acceptors (Lipinski definition) is 5. The zero-order valence-electron chi connectivity index (χ0n) is 12.9. The van der Waals surface area contributed by atoms with Gasteiger partial charge in [0.25, 0.3) is 11.5 Å². The largest absolute Gasteiger partial charge is 0.293 e. The number of hydrogen-bond donors (Lipinski definition) is 2. The number of hydrazine groups is 1. The first-order chi connectivity index (χ1) is 11.5. The average molecular weight is 407 g/mol. The summed E-state index contributed by atoms with van der Waals surface area (Å²) in [5.74, 6) is 4.66. The van der Waals surface area contributed by atoms with Crippen molar-refractivity contribution in [3.8, 4) is 11.1 Å². The van der Waals surface area contributed by atoms with E-state index in [1.54, 1.807) is 0 Å². The van der Waals surface area contributed by atoms with Gasteiger partial charge in [0.05, 0.1) is 11.7 Å². The molecule has 2 aromatic heterocycles. The molecule has 0 aliphatic rings. The molecule has 2 heterocycles. The number of benzene rings is 1. The number of nitrogens with one attached hydrogen (secondary N) is 1. The molecule has 0 unspecified atom stereocenters. The van der Waals surface area contributed by atoms with Crippen molar-refractivity contribution in [3.63, 3.8) is 0 Å². The summed E-state index contributed by atoms with van der Waals surface area (Å²) in [7, 11) is 0. The number of carbonyl (C=O) groups is 1. The molecule has 0 saturated carbocycles. The Morgan fingerprint density at radius 3 is 2.71 bits per heavy atom. The van der Waals surface area contributed by atoms with E-state index < -0.39 is 5.91 Å². The lowest BCUT2D eigenvalue weighted by Gasteiger charge is -2.06. The molecule has 3 rings (SSSR count). The van der Waals surface area contributed by atoms with Crippen LogP contribution in [0.3, 0.4) is 0 Å². The summed E-state index contributed by atoms with van der Waals surface area (Å²) in [6.45, 7) is 1.89. The molecule has 0 bridgehead atoms. The number of aromatic nitrogens is 2. The van der Waals surface area contributed by atoms with Crippen molar-refractivity contribution >= 4 is 43.4 Å². The molecule has 124 valence electrons. The smallest absolute Gasteiger partial charge is 0.263 e. The minimum atomic E-state index is -0.450. The van der Waals surface area contributed by atoms with Gasteiger partial charge in [-0.2, -0.15) is 0 Å². The molecule has 0 atom stereocenters. The van der Waals surface area contributed by atoms with Crippen LogP contribution in [0.5, 0.6) is 0 Å². The van der Waals surface area contributed by atoms with E-state index in [2.05, 4.69) is 20.9 Å². The number of aryl methyl sites for hydroxylation is 1. The maximum atomic E-state index is 12.9. The molecule has 6 nitrogen and oxygen atoms in total. The first-order valence-corrected chi connectivity index (χ1v) is 8.92. The zero-order valence-corrected chi connectivity index (χ0v) is 15.3. The number of halogens is 1. The normalized spacial score (nSPS) is 11.0. The van der Waals surface area contributed by atoms with Crippen LogP contribution in [0.2, 0.25) is 0 Å². The molecule has 1 amide bonds. The van der Waals surface area contributed by atoms with Crippen molar-refractivity contribution < 1.29 is 4.79 Å². The third-order valence-electron chi connectivity index (χ3n) is 3.68. The Balaban J connectivity index is 2.26. The fraction of sp³-hybridized carbons (Fsp3) is 0.188. The summed E-state index contributed by atoms with van der Waals surface area (Å²) in [5, 5.41) is 0.548. The molecule has 0 fully saturated rings. The number of carbonyl (C=O) groups excluding carboxylic acids is 1. The van der Waals surface area contributed by atoms with Gasteiger partial charge >= 0.3 is 0 Å². The summed E-state index contributed by atoms with van der Waals surface area (Å²) < 4.78 is 2.25. The Morgan fingerprint density at radius 2 is 2.08 bits per heavy atom. The number of nitrogens with zero attached hydrogens (tertiary/aromatic N) is 2. The van der Waals surface area contributed by atoms with E-state index in [0.717, 1.165) is 26.9 Å². The summed E-state index contributed by atoms with van der Waals surface area (Å²) >= 11 is 4.93. The number of nitrogens with two attached hydrogens (primary N) is 1. The van der Waals surface area contributed by atoms with Gasteiger partial charge in [-0.15, -0.1) is 11.3 Å². The van der Waals surface area contributed by atoms with Gasteiger partial charge in [0.2, 0.25) is 0 Å². The summed E-state index contributed by atoms with van der Waals surface area (Å²) in [4.78, 5) is 30.5. The van der Waals surface area contributed by atoms with Crippen LogP contribution in [-0.2, 0) is 17.8 Å². The molecular formula is C16H15BrN4O2S. The van der Waals surface area contributed by atoms with Crippen LogP contribution < -0.4 is 16.8 Å². The Hall–Kier alpha value is -2.03. The molecule has 0 saturated heterocycles. The number of fused-ring (bicyclic) bond motifs is 1. The van der Waals surface area contributed by atoms with Crippen molar-refractivity contribution in [3.05, 3.63) is 50.3 Å². The second-order valence-corrected chi connectivity index (χ2v) is 7.19. The molecule has 0 radical (unpaired) electrons. The van der Waals surface area contributed by atoms with Gasteiger partial charge in [-0.25, -0.2) is 10.8 Å². The highest BCUT2D eigenvalue weighted by Crippen LogP contribution is 2.36. The zero-order chi connectivity index (χ0) is 17.3. The minimum absolute atomic E-state index is 0.157. The van der Waals surface area contributed by atoms with Crippen LogP contribution in [0.25, 0.3) is 21.3 Å². The summed E-state index contributed by atoms with van der Waals surface area (Å²) in [5.41, 5.74) is 3.64. The fourth-order valence-electron chi connectivity index (χ4n) is 2.56. The van der Waals surface area contributed by atoms with Gasteiger partial charge in [-0.1, -0.05) is 35.0 Å². The van der Waals surface area contributed by atoms with Crippen molar-refractivity contribution in [2.45, 2.75) is 19.9 Å². The predicted octanol–water partition coefficient (Wildman–Crippen LogP) is 2.44. The van der Waals surface area contributed by atoms with E-state index in [0.29, 0.717) is 10.2 Å². The standard InChI is InChI=1S/C16H15BrN4O2S/c1-2-11-13(9-3-5-10(17)6-4-9)14-15(24-11)19-8-21(16(14)23)7-12(22)20-18/h3-6,8H,2,7,18H2,1H3,(H,20,22). The molecule has 8 heteroatoms. The van der Waals surface area contributed by atoms with Gasteiger partial charge in [0.1, 0.15) is 11.4 Å². The first kappa shape index (κ1) is 16.8. The summed E-state index contributed by atoms with van der Waals surface area (Å²) in [6.07, 6.45) is 2.19. The van der Waals surface area contributed by atoms with Gasteiger partial charge < -0.3 is 0 Å². The Labute approximate surface area is 150 Å². The lowest BCUT2D eigenvalue weighted by molar-refractivity contribution is -0.121. The maximum absolute atomic E-state index is 12.9. The van der Waals surface area contributed by atoms with Crippen molar-refractivity contribution in [1.82, 2.24) is 15.0 Å². The number of rotatable bonds is 4. The van der Waals surface area contributed by atoms with Crippen LogP contribution in [0.4, 0.5) is 0 Å². The van der Waals surface area contributed by atoms with Crippen LogP contribution in [-0.4, -0.2) is 15.5 Å². The quantitative estimate of drug-likeness (QED) is 0.395. The van der Waals surface area contributed by atoms with Gasteiger partial charge in [-0.05, 0) is 24.1 Å². The lowest BCUT2D eigenvalue weighted by atomic mass is 10.0. The molecule has 0 aliphatic heterocycles. The predicted molar refractivity (Wildman–Crippen MR) is 98.7 cm³/mol. The fourth-order valence-corrected chi connectivity index (χ4v) is 3.91. The van der Waals surface area contributed by atoms with E-state index in [1.165, 1.54) is 22.2 Å². The molecule has 3 N–H and O–H groups in total. The van der Waals surface area contributed by atoms with Gasteiger partial charge in [0, 0.05) is 14.9 Å². The third kappa shape index (κ3) is 3.00. The van der Waals surface area contributed by atoms with Crippen LogP contribution in [0, 0.1) is 0 Å². The topological polar surface area (TPSA) is 90.0 Å². The van der Waals surface area contributed by atoms with E-state index in [-0.39, 0.29) is 12.1 Å². The van der Waals surface area contributed by atoms with Gasteiger partial charge in [0.15, 0.2) is 0 Å². The van der Waals surface area contributed by atoms with E-state index in [4.69, 9.17) is 5.84 Å². The molecule has 3 aromatic rings. The SMILES string of the molecule is CCc1sc2ncn(CC(=O)NN)c(=O)c2c1-c1ccc(Br)cc1. The second kappa shape index (κ2) is 6.84. The van der Waals surface area contributed by atoms with Crippen LogP contribution in [0.15, 0.2) is 39.9 Å². The highest BCUT2D eigenvalue weighted by Gasteiger charge is 2.18. The first-order valence-electron chi connectivity index (χ1n) is 7.31. The molecule has 0 aliphatic carbocycles. The Bertz CT molecular complexity index is 963. The Kier molecular flexibility index (Phi) is 4.79. The van der Waals surface area contributed by atoms with E-state index in [9.17, 15) is 9.59 Å². The van der Waals surface area contributed by atoms with Crippen LogP contribution in [0.1, 0.15) is 11.8 Å². The highest BCUT2D eigenvalue weighted by molar-refractivity contribution is 9.10. The lowest BCUT2D eigenvalue weighted by Crippen LogP contribution is -2.36. The highest BCUT2D eigenvalue weighted by atomic mass is 79.9.